The number of nitrogens with one attached hydrogen (secondary N) is 2. The van der Waals surface area contributed by atoms with Crippen LogP contribution in [0.1, 0.15) is 40.0 Å². The first-order chi connectivity index (χ1) is 16.0. The molecule has 1 aromatic heterocycles. The van der Waals surface area contributed by atoms with Crippen molar-refractivity contribution in [2.75, 3.05) is 23.5 Å². The van der Waals surface area contributed by atoms with Gasteiger partial charge in [-0.15, -0.1) is 0 Å². The lowest BCUT2D eigenvalue weighted by Gasteiger charge is -2.39. The zero-order valence-electron chi connectivity index (χ0n) is 19.1. The Morgan fingerprint density at radius 3 is 2.76 bits per heavy atom. The quantitative estimate of drug-likeness (QED) is 0.410. The maximum atomic E-state index is 12.3. The Hall–Kier alpha value is -2.85. The number of halogens is 2. The molecule has 2 atom stereocenters. The number of carbonyl (C=O) groups is 1. The first-order valence-corrected chi connectivity index (χ1v) is 11.6. The average Bonchev–Trinajstić information content (AvgIpc) is 2.99. The van der Waals surface area contributed by atoms with Gasteiger partial charge in [0.25, 0.3) is 5.91 Å². The monoisotopic (exact) mass is 508 g/mol. The third-order valence-corrected chi connectivity index (χ3v) is 6.78. The van der Waals surface area contributed by atoms with Crippen molar-refractivity contribution in [2.45, 2.75) is 46.1 Å². The second-order valence-electron chi connectivity index (χ2n) is 10.0. The van der Waals surface area contributed by atoms with Crippen LogP contribution in [0.15, 0.2) is 24.5 Å². The summed E-state index contributed by atoms with van der Waals surface area (Å²) in [6.45, 7) is 7.00. The lowest BCUT2D eigenvalue weighted by Crippen LogP contribution is -2.36. The van der Waals surface area contributed by atoms with Gasteiger partial charge in [-0.2, -0.15) is 0 Å². The van der Waals surface area contributed by atoms with Crippen molar-refractivity contribution in [1.82, 2.24) is 15.4 Å². The fraction of sp³-hybridized carbons (Fsp3) is 0.500. The summed E-state index contributed by atoms with van der Waals surface area (Å²) >= 11 is 11.9. The number of fused-ring (bicyclic) bond motifs is 2. The molecule has 1 amide bonds. The van der Waals surface area contributed by atoms with Crippen LogP contribution in [-0.4, -0.2) is 40.0 Å². The standard InChI is InChI=1S/C22H26Cl2N6O4/c1-21(2)7-14-8-22(3,10-21)11-29(14)20-18(30(32)33)19(25-12-26-20)28-27-17(31)9-34-16-5-4-13(23)6-15(16)24/h4-6,12,14H,7-11H2,1-3H3,(H,27,31)(H,25,26,28). The number of carbonyl (C=O) groups excluding carboxylic acids is 1. The third-order valence-electron chi connectivity index (χ3n) is 6.25. The van der Waals surface area contributed by atoms with Gasteiger partial charge in [0.2, 0.25) is 11.6 Å². The fourth-order valence-electron chi connectivity index (χ4n) is 5.45. The van der Waals surface area contributed by atoms with E-state index in [2.05, 4.69) is 41.6 Å². The summed E-state index contributed by atoms with van der Waals surface area (Å²) in [4.78, 5) is 34.0. The van der Waals surface area contributed by atoms with E-state index < -0.39 is 10.8 Å². The number of anilines is 2. The van der Waals surface area contributed by atoms with Crippen molar-refractivity contribution in [3.63, 3.8) is 0 Å². The van der Waals surface area contributed by atoms with Gasteiger partial charge in [0.15, 0.2) is 6.61 Å². The molecule has 2 aliphatic rings. The summed E-state index contributed by atoms with van der Waals surface area (Å²) in [5.74, 6) is -0.133. The smallest absolute Gasteiger partial charge is 0.355 e. The van der Waals surface area contributed by atoms with E-state index >= 15 is 0 Å². The number of benzene rings is 1. The van der Waals surface area contributed by atoms with Gasteiger partial charge in [-0.1, -0.05) is 44.0 Å². The molecule has 182 valence electrons. The zero-order valence-corrected chi connectivity index (χ0v) is 20.6. The van der Waals surface area contributed by atoms with Gasteiger partial charge in [-0.25, -0.2) is 9.97 Å². The molecule has 12 heteroatoms. The summed E-state index contributed by atoms with van der Waals surface area (Å²) in [5.41, 5.74) is 4.87. The third kappa shape index (κ3) is 5.12. The van der Waals surface area contributed by atoms with E-state index in [1.165, 1.54) is 12.4 Å². The van der Waals surface area contributed by atoms with Gasteiger partial charge in [0, 0.05) is 17.6 Å². The van der Waals surface area contributed by atoms with Gasteiger partial charge in [-0.3, -0.25) is 25.8 Å². The number of hydrazine groups is 1. The Balaban J connectivity index is 1.47. The van der Waals surface area contributed by atoms with Crippen LogP contribution in [0.5, 0.6) is 5.75 Å². The summed E-state index contributed by atoms with van der Waals surface area (Å²) in [6.07, 6.45) is 4.19. The van der Waals surface area contributed by atoms with Gasteiger partial charge in [0.1, 0.15) is 12.1 Å². The molecule has 0 radical (unpaired) electrons. The summed E-state index contributed by atoms with van der Waals surface area (Å²) in [6, 6.07) is 4.78. The predicted molar refractivity (Wildman–Crippen MR) is 129 cm³/mol. The second kappa shape index (κ2) is 9.07. The molecule has 1 saturated carbocycles. The SMILES string of the molecule is CC1(C)CC2CC(C)(CN2c2ncnc(NNC(=O)COc3ccc(Cl)cc3Cl)c2[N+](=O)[O-])C1. The molecule has 1 aliphatic heterocycles. The van der Waals surface area contributed by atoms with E-state index in [0.29, 0.717) is 11.6 Å². The van der Waals surface area contributed by atoms with Crippen molar-refractivity contribution >= 4 is 46.4 Å². The first-order valence-electron chi connectivity index (χ1n) is 10.9. The zero-order chi connectivity index (χ0) is 24.7. The molecule has 2 N–H and O–H groups in total. The first kappa shape index (κ1) is 24.3. The van der Waals surface area contributed by atoms with Crippen LogP contribution in [0, 0.1) is 20.9 Å². The molecular formula is C22H26Cl2N6O4. The number of hydrogen-bond donors (Lipinski definition) is 2. The predicted octanol–water partition coefficient (Wildman–Crippen LogP) is 4.62. The van der Waals surface area contributed by atoms with E-state index in [-0.39, 0.29) is 51.6 Å². The van der Waals surface area contributed by atoms with Gasteiger partial charge in [-0.05, 0) is 48.3 Å². The fourth-order valence-corrected chi connectivity index (χ4v) is 5.91. The van der Waals surface area contributed by atoms with Crippen molar-refractivity contribution < 1.29 is 14.5 Å². The number of rotatable bonds is 7. The molecule has 2 unspecified atom stereocenters. The van der Waals surface area contributed by atoms with Crippen molar-refractivity contribution in [2.24, 2.45) is 10.8 Å². The highest BCUT2D eigenvalue weighted by atomic mass is 35.5. The number of nitrogens with zero attached hydrogens (tertiary/aromatic N) is 4. The molecule has 2 aromatic rings. The highest BCUT2D eigenvalue weighted by Crippen LogP contribution is 2.54. The molecule has 1 saturated heterocycles. The van der Waals surface area contributed by atoms with Crippen molar-refractivity contribution in [3.05, 3.63) is 44.7 Å². The van der Waals surface area contributed by atoms with Crippen LogP contribution in [-0.2, 0) is 4.79 Å². The summed E-state index contributed by atoms with van der Waals surface area (Å²) < 4.78 is 5.39. The minimum absolute atomic E-state index is 0.0628. The number of aromatic nitrogens is 2. The lowest BCUT2D eigenvalue weighted by atomic mass is 9.65. The van der Waals surface area contributed by atoms with E-state index in [1.54, 1.807) is 12.1 Å². The molecule has 2 fully saturated rings. The van der Waals surface area contributed by atoms with Crippen LogP contribution < -0.4 is 20.5 Å². The molecule has 1 aliphatic carbocycles. The minimum Gasteiger partial charge on any atom is -0.482 e. The topological polar surface area (TPSA) is 123 Å². The van der Waals surface area contributed by atoms with Crippen LogP contribution in [0.4, 0.5) is 17.3 Å². The highest BCUT2D eigenvalue weighted by Gasteiger charge is 2.51. The maximum absolute atomic E-state index is 12.3. The van der Waals surface area contributed by atoms with Crippen molar-refractivity contribution in [1.29, 1.82) is 0 Å². The Labute approximate surface area is 207 Å². The van der Waals surface area contributed by atoms with Crippen LogP contribution in [0.25, 0.3) is 0 Å². The number of amides is 1. The molecule has 34 heavy (non-hydrogen) atoms. The Morgan fingerprint density at radius 1 is 1.29 bits per heavy atom. The van der Waals surface area contributed by atoms with E-state index in [4.69, 9.17) is 27.9 Å². The summed E-state index contributed by atoms with van der Waals surface area (Å²) in [5, 5.41) is 12.7. The molecular weight excluding hydrogens is 483 g/mol. The van der Waals surface area contributed by atoms with Crippen LogP contribution in [0.3, 0.4) is 0 Å². The maximum Gasteiger partial charge on any atom is 0.355 e. The molecule has 2 bridgehead atoms. The van der Waals surface area contributed by atoms with Gasteiger partial charge >= 0.3 is 5.69 Å². The molecule has 2 heterocycles. The van der Waals surface area contributed by atoms with E-state index in [9.17, 15) is 14.9 Å². The number of nitro groups is 1. The van der Waals surface area contributed by atoms with Gasteiger partial charge < -0.3 is 9.64 Å². The van der Waals surface area contributed by atoms with Gasteiger partial charge in [0.05, 0.1) is 9.95 Å². The van der Waals surface area contributed by atoms with E-state index in [0.717, 1.165) is 19.3 Å². The van der Waals surface area contributed by atoms with E-state index in [1.807, 2.05) is 4.90 Å². The average molecular weight is 509 g/mol. The second-order valence-corrected chi connectivity index (χ2v) is 10.9. The van der Waals surface area contributed by atoms with Crippen LogP contribution in [0.2, 0.25) is 10.0 Å². The normalized spacial score (nSPS) is 22.9. The molecule has 4 rings (SSSR count). The van der Waals surface area contributed by atoms with Crippen molar-refractivity contribution in [3.8, 4) is 5.75 Å². The Bertz CT molecular complexity index is 1130. The molecule has 1 aromatic carbocycles. The van der Waals surface area contributed by atoms with Crippen LogP contribution >= 0.6 is 23.2 Å². The Morgan fingerprint density at radius 2 is 2.06 bits per heavy atom. The minimum atomic E-state index is -0.577. The number of ether oxygens (including phenoxy) is 1. The summed E-state index contributed by atoms with van der Waals surface area (Å²) in [7, 11) is 0. The Kier molecular flexibility index (Phi) is 6.48. The number of hydrogen-bond acceptors (Lipinski definition) is 8. The molecule has 0 spiro atoms. The molecule has 10 nitrogen and oxygen atoms in total. The largest absolute Gasteiger partial charge is 0.482 e. The lowest BCUT2D eigenvalue weighted by molar-refractivity contribution is -0.383. The highest BCUT2D eigenvalue weighted by molar-refractivity contribution is 6.35.